The third-order valence-corrected chi connectivity index (χ3v) is 5.89. The third kappa shape index (κ3) is 3.39. The fourth-order valence-electron chi connectivity index (χ4n) is 4.15. The number of fused-ring (bicyclic) bond motifs is 1. The predicted molar refractivity (Wildman–Crippen MR) is 99.1 cm³/mol. The topological polar surface area (TPSA) is 66.5 Å². The number of benzene rings is 1. The molecule has 0 bridgehead atoms. The number of amides is 3. The second kappa shape index (κ2) is 7.60. The Balaban J connectivity index is 1.67. The number of aryl methyl sites for hydroxylation is 1. The van der Waals surface area contributed by atoms with Crippen molar-refractivity contribution in [2.45, 2.75) is 65.0 Å². The van der Waals surface area contributed by atoms with Crippen LogP contribution in [-0.4, -0.2) is 28.7 Å². The Morgan fingerprint density at radius 1 is 1.08 bits per heavy atom. The number of carbonyl (C=O) groups is 3. The normalized spacial score (nSPS) is 25.0. The first-order chi connectivity index (χ1) is 12.4. The minimum Gasteiger partial charge on any atom is -0.348 e. The Labute approximate surface area is 155 Å². The molecule has 0 radical (unpaired) electrons. The molecule has 2 fully saturated rings. The van der Waals surface area contributed by atoms with E-state index in [9.17, 15) is 14.4 Å². The summed E-state index contributed by atoms with van der Waals surface area (Å²) in [6.45, 7) is 5.66. The monoisotopic (exact) mass is 356 g/mol. The molecule has 5 heteroatoms. The first-order valence-electron chi connectivity index (χ1n) is 9.70. The largest absolute Gasteiger partial charge is 0.348 e. The smallest absolute Gasteiger partial charge is 0.243 e. The first-order valence-corrected chi connectivity index (χ1v) is 9.70. The Hall–Kier alpha value is -2.17. The molecule has 1 heterocycles. The Bertz CT molecular complexity index is 674. The van der Waals surface area contributed by atoms with Gasteiger partial charge in [-0.25, -0.2) is 0 Å². The van der Waals surface area contributed by atoms with Crippen molar-refractivity contribution < 1.29 is 14.4 Å². The molecule has 1 aliphatic heterocycles. The molecule has 140 valence electrons. The lowest BCUT2D eigenvalue weighted by molar-refractivity contribution is -0.147. The number of nitrogens with zero attached hydrogens (tertiary/aromatic N) is 1. The molecular formula is C21H28N2O3. The first kappa shape index (κ1) is 18.6. The lowest BCUT2D eigenvalue weighted by atomic mass is 9.81. The van der Waals surface area contributed by atoms with Crippen LogP contribution >= 0.6 is 0 Å². The average molecular weight is 356 g/mol. The van der Waals surface area contributed by atoms with Crippen molar-refractivity contribution in [1.29, 1.82) is 0 Å². The van der Waals surface area contributed by atoms with E-state index >= 15 is 0 Å². The van der Waals surface area contributed by atoms with Gasteiger partial charge in [0.25, 0.3) is 0 Å². The molecule has 0 spiro atoms. The van der Waals surface area contributed by atoms with Crippen molar-refractivity contribution in [3.63, 3.8) is 0 Å². The summed E-state index contributed by atoms with van der Waals surface area (Å²) in [5.74, 6) is -1.04. The molecule has 4 unspecified atom stereocenters. The van der Waals surface area contributed by atoms with Gasteiger partial charge in [0.15, 0.2) is 0 Å². The van der Waals surface area contributed by atoms with E-state index in [0.717, 1.165) is 37.7 Å². The SMILES string of the molecule is CCc1ccc(C(C)NC(=O)C(C)N2C(=O)C3CCCCC3C2=O)cc1. The van der Waals surface area contributed by atoms with Crippen molar-refractivity contribution in [3.05, 3.63) is 35.4 Å². The van der Waals surface area contributed by atoms with E-state index < -0.39 is 6.04 Å². The van der Waals surface area contributed by atoms with E-state index in [1.54, 1.807) is 6.92 Å². The highest BCUT2D eigenvalue weighted by atomic mass is 16.2. The molecule has 1 saturated carbocycles. The summed E-state index contributed by atoms with van der Waals surface area (Å²) < 4.78 is 0. The maximum absolute atomic E-state index is 12.7. The van der Waals surface area contributed by atoms with E-state index in [1.807, 2.05) is 19.1 Å². The van der Waals surface area contributed by atoms with E-state index in [2.05, 4.69) is 24.4 Å². The van der Waals surface area contributed by atoms with E-state index in [0.29, 0.717) is 0 Å². The molecule has 26 heavy (non-hydrogen) atoms. The molecule has 1 saturated heterocycles. The summed E-state index contributed by atoms with van der Waals surface area (Å²) in [7, 11) is 0. The maximum atomic E-state index is 12.7. The van der Waals surface area contributed by atoms with Crippen LogP contribution in [-0.2, 0) is 20.8 Å². The van der Waals surface area contributed by atoms with Gasteiger partial charge in [-0.3, -0.25) is 19.3 Å². The number of imide groups is 1. The minimum absolute atomic E-state index is 0.165. The predicted octanol–water partition coefficient (Wildman–Crippen LogP) is 2.99. The lowest BCUT2D eigenvalue weighted by Crippen LogP contribution is -2.48. The van der Waals surface area contributed by atoms with Gasteiger partial charge >= 0.3 is 0 Å². The van der Waals surface area contributed by atoms with Crippen LogP contribution in [0.5, 0.6) is 0 Å². The van der Waals surface area contributed by atoms with Gasteiger partial charge in [-0.05, 0) is 44.2 Å². The van der Waals surface area contributed by atoms with E-state index in [4.69, 9.17) is 0 Å². The van der Waals surface area contributed by atoms with Crippen LogP contribution in [0.3, 0.4) is 0 Å². The van der Waals surface area contributed by atoms with Crippen molar-refractivity contribution in [1.82, 2.24) is 10.2 Å². The van der Waals surface area contributed by atoms with Crippen molar-refractivity contribution >= 4 is 17.7 Å². The molecule has 3 rings (SSSR count). The summed E-state index contributed by atoms with van der Waals surface area (Å²) in [6, 6.07) is 7.19. The lowest BCUT2D eigenvalue weighted by Gasteiger charge is -2.24. The highest BCUT2D eigenvalue weighted by Crippen LogP contribution is 2.38. The van der Waals surface area contributed by atoms with Gasteiger partial charge in [0.2, 0.25) is 17.7 Å². The van der Waals surface area contributed by atoms with E-state index in [1.165, 1.54) is 10.5 Å². The molecule has 5 nitrogen and oxygen atoms in total. The molecule has 4 atom stereocenters. The minimum atomic E-state index is -0.766. The number of hydrogen-bond donors (Lipinski definition) is 1. The van der Waals surface area contributed by atoms with Gasteiger partial charge in [0.05, 0.1) is 17.9 Å². The zero-order valence-electron chi connectivity index (χ0n) is 15.8. The van der Waals surface area contributed by atoms with Gasteiger partial charge < -0.3 is 5.32 Å². The van der Waals surface area contributed by atoms with Crippen LogP contribution in [0.2, 0.25) is 0 Å². The van der Waals surface area contributed by atoms with Gasteiger partial charge in [-0.15, -0.1) is 0 Å². The molecule has 3 amide bonds. The number of likely N-dealkylation sites (tertiary alicyclic amines) is 1. The van der Waals surface area contributed by atoms with Gasteiger partial charge in [-0.2, -0.15) is 0 Å². The number of rotatable bonds is 5. The second-order valence-corrected chi connectivity index (χ2v) is 7.55. The van der Waals surface area contributed by atoms with Crippen LogP contribution in [0, 0.1) is 11.8 Å². The molecule has 1 aromatic carbocycles. The number of nitrogens with one attached hydrogen (secondary N) is 1. The second-order valence-electron chi connectivity index (χ2n) is 7.55. The Kier molecular flexibility index (Phi) is 5.44. The van der Waals surface area contributed by atoms with Crippen LogP contribution in [0.25, 0.3) is 0 Å². The van der Waals surface area contributed by atoms with E-state index in [-0.39, 0.29) is 35.6 Å². The van der Waals surface area contributed by atoms with Crippen LogP contribution in [0.1, 0.15) is 63.6 Å². The zero-order chi connectivity index (χ0) is 18.8. The Morgan fingerprint density at radius 3 is 2.12 bits per heavy atom. The summed E-state index contributed by atoms with van der Waals surface area (Å²) in [5, 5.41) is 2.95. The van der Waals surface area contributed by atoms with Gasteiger partial charge in [0, 0.05) is 0 Å². The summed E-state index contributed by atoms with van der Waals surface area (Å²) in [5.41, 5.74) is 2.26. The maximum Gasteiger partial charge on any atom is 0.243 e. The van der Waals surface area contributed by atoms with Crippen molar-refractivity contribution in [3.8, 4) is 0 Å². The number of carbonyl (C=O) groups excluding carboxylic acids is 3. The zero-order valence-corrected chi connectivity index (χ0v) is 15.8. The summed E-state index contributed by atoms with van der Waals surface area (Å²) in [6.07, 6.45) is 4.47. The van der Waals surface area contributed by atoms with Crippen molar-refractivity contribution in [2.24, 2.45) is 11.8 Å². The quantitative estimate of drug-likeness (QED) is 0.825. The van der Waals surface area contributed by atoms with Crippen LogP contribution in [0.15, 0.2) is 24.3 Å². The molecule has 0 aromatic heterocycles. The standard InChI is InChI=1S/C21H28N2O3/c1-4-15-9-11-16(12-10-15)13(2)22-19(24)14(3)23-20(25)17-7-5-6-8-18(17)21(23)26/h9-14,17-18H,4-8H2,1-3H3,(H,22,24). The van der Waals surface area contributed by atoms with Crippen LogP contribution in [0.4, 0.5) is 0 Å². The van der Waals surface area contributed by atoms with Gasteiger partial charge in [-0.1, -0.05) is 44.0 Å². The molecule has 2 aliphatic rings. The molecule has 1 aromatic rings. The molecule has 1 N–H and O–H groups in total. The van der Waals surface area contributed by atoms with Crippen LogP contribution < -0.4 is 5.32 Å². The molecule has 1 aliphatic carbocycles. The summed E-state index contributed by atoms with van der Waals surface area (Å²) >= 11 is 0. The Morgan fingerprint density at radius 2 is 1.62 bits per heavy atom. The highest BCUT2D eigenvalue weighted by Gasteiger charge is 2.50. The summed E-state index contributed by atoms with van der Waals surface area (Å²) in [4.78, 5) is 39.2. The fourth-order valence-corrected chi connectivity index (χ4v) is 4.15. The molecular weight excluding hydrogens is 328 g/mol. The highest BCUT2D eigenvalue weighted by molar-refractivity contribution is 6.08. The van der Waals surface area contributed by atoms with Crippen molar-refractivity contribution in [2.75, 3.05) is 0 Å². The number of hydrogen-bond acceptors (Lipinski definition) is 3. The third-order valence-electron chi connectivity index (χ3n) is 5.89. The average Bonchev–Trinajstić information content (AvgIpc) is 2.92. The van der Waals surface area contributed by atoms with Gasteiger partial charge in [0.1, 0.15) is 6.04 Å². The fraction of sp³-hybridized carbons (Fsp3) is 0.571.